The molecule has 1 aromatic carbocycles. The fourth-order valence-electron chi connectivity index (χ4n) is 3.67. The zero-order valence-electron chi connectivity index (χ0n) is 13.1. The van der Waals surface area contributed by atoms with Crippen LogP contribution in [0.4, 0.5) is 4.39 Å². The number of nitrogens with two attached hydrogens (primary N) is 1. The molecule has 0 amide bonds. The summed E-state index contributed by atoms with van der Waals surface area (Å²) in [6.07, 6.45) is 3.73. The normalized spacial score (nSPS) is 28.2. The van der Waals surface area contributed by atoms with E-state index in [2.05, 4.69) is 23.8 Å². The minimum absolute atomic E-state index is 0.0235. The van der Waals surface area contributed by atoms with Crippen LogP contribution in [0.3, 0.4) is 0 Å². The third kappa shape index (κ3) is 2.72. The molecule has 2 N–H and O–H groups in total. The van der Waals surface area contributed by atoms with Crippen LogP contribution in [0.15, 0.2) is 24.3 Å². The quantitative estimate of drug-likeness (QED) is 0.904. The summed E-state index contributed by atoms with van der Waals surface area (Å²) in [5.74, 6) is -0.124. The lowest BCUT2D eigenvalue weighted by atomic mass is 9.93. The monoisotopic (exact) mass is 291 g/mol. The number of likely N-dealkylation sites (tertiary alicyclic amines) is 1. The summed E-state index contributed by atoms with van der Waals surface area (Å²) < 4.78 is 14.1. The molecule has 3 nitrogen and oxygen atoms in total. The molecule has 116 valence electrons. The van der Waals surface area contributed by atoms with Gasteiger partial charge in [-0.15, -0.1) is 0 Å². The van der Waals surface area contributed by atoms with E-state index in [0.717, 1.165) is 31.1 Å². The Labute approximate surface area is 126 Å². The van der Waals surface area contributed by atoms with Crippen molar-refractivity contribution in [3.8, 4) is 0 Å². The molecule has 21 heavy (non-hydrogen) atoms. The highest BCUT2D eigenvalue weighted by molar-refractivity contribution is 5.22. The van der Waals surface area contributed by atoms with Crippen LogP contribution in [-0.4, -0.2) is 48.1 Å². The van der Waals surface area contributed by atoms with Crippen molar-refractivity contribution in [2.75, 3.05) is 26.7 Å². The molecule has 2 atom stereocenters. The van der Waals surface area contributed by atoms with Crippen molar-refractivity contribution >= 4 is 0 Å². The first-order valence-corrected chi connectivity index (χ1v) is 7.99. The van der Waals surface area contributed by atoms with Crippen LogP contribution in [-0.2, 0) is 0 Å². The topological polar surface area (TPSA) is 32.5 Å². The average Bonchev–Trinajstić information content (AvgIpc) is 3.26. The van der Waals surface area contributed by atoms with E-state index < -0.39 is 0 Å². The largest absolute Gasteiger partial charge is 0.329 e. The van der Waals surface area contributed by atoms with Gasteiger partial charge < -0.3 is 5.73 Å². The molecule has 0 spiro atoms. The molecule has 0 radical (unpaired) electrons. The maximum absolute atomic E-state index is 14.1. The summed E-state index contributed by atoms with van der Waals surface area (Å²) in [6, 6.07) is 7.89. The summed E-state index contributed by atoms with van der Waals surface area (Å²) in [5.41, 5.74) is 6.88. The second-order valence-corrected chi connectivity index (χ2v) is 6.69. The molecular weight excluding hydrogens is 265 g/mol. The second-order valence-electron chi connectivity index (χ2n) is 6.69. The van der Waals surface area contributed by atoms with Gasteiger partial charge in [0.05, 0.1) is 0 Å². The zero-order valence-corrected chi connectivity index (χ0v) is 13.1. The number of hydrogen-bond donors (Lipinski definition) is 1. The van der Waals surface area contributed by atoms with Crippen LogP contribution in [0.25, 0.3) is 0 Å². The Morgan fingerprint density at radius 2 is 2.14 bits per heavy atom. The minimum Gasteiger partial charge on any atom is -0.329 e. The summed E-state index contributed by atoms with van der Waals surface area (Å²) in [7, 11) is 2.10. The molecule has 4 heteroatoms. The van der Waals surface area contributed by atoms with Gasteiger partial charge in [-0.25, -0.2) is 4.39 Å². The first-order chi connectivity index (χ1) is 10.1. The van der Waals surface area contributed by atoms with Crippen LogP contribution in [0.1, 0.15) is 37.8 Å². The Bertz CT molecular complexity index is 503. The maximum atomic E-state index is 14.1. The van der Waals surface area contributed by atoms with Gasteiger partial charge in [-0.05, 0) is 39.3 Å². The maximum Gasteiger partial charge on any atom is 0.127 e. The predicted molar refractivity (Wildman–Crippen MR) is 83.6 cm³/mol. The van der Waals surface area contributed by atoms with Gasteiger partial charge in [-0.3, -0.25) is 9.80 Å². The van der Waals surface area contributed by atoms with Gasteiger partial charge in [0, 0.05) is 42.8 Å². The average molecular weight is 291 g/mol. The standard InChI is InChI=1S/C17H26FN3/c1-13(15-5-3-4-6-16(15)18)20(2)17(11-19)9-10-21(12-17)14-7-8-14/h3-6,13-14H,7-12,19H2,1-2H3. The third-order valence-corrected chi connectivity index (χ3v) is 5.49. The molecule has 0 bridgehead atoms. The van der Waals surface area contributed by atoms with E-state index in [4.69, 9.17) is 5.73 Å². The van der Waals surface area contributed by atoms with Gasteiger partial charge in [-0.1, -0.05) is 18.2 Å². The van der Waals surface area contributed by atoms with E-state index in [-0.39, 0.29) is 17.4 Å². The van der Waals surface area contributed by atoms with E-state index in [1.165, 1.54) is 12.8 Å². The molecule has 1 heterocycles. The number of nitrogens with zero attached hydrogens (tertiary/aromatic N) is 2. The highest BCUT2D eigenvalue weighted by atomic mass is 19.1. The molecule has 1 saturated heterocycles. The lowest BCUT2D eigenvalue weighted by Crippen LogP contribution is -2.54. The summed E-state index contributed by atoms with van der Waals surface area (Å²) in [4.78, 5) is 4.87. The SMILES string of the molecule is CC(c1ccccc1F)N(C)C1(CN)CCN(C2CC2)C1. The fourth-order valence-corrected chi connectivity index (χ4v) is 3.67. The van der Waals surface area contributed by atoms with Gasteiger partial charge >= 0.3 is 0 Å². The van der Waals surface area contributed by atoms with Crippen LogP contribution >= 0.6 is 0 Å². The Morgan fingerprint density at radius 1 is 1.43 bits per heavy atom. The molecule has 2 aliphatic rings. The predicted octanol–water partition coefficient (Wildman–Crippen LogP) is 2.38. The number of likely N-dealkylation sites (N-methyl/N-ethyl adjacent to an activating group) is 1. The van der Waals surface area contributed by atoms with Crippen LogP contribution in [0.2, 0.25) is 0 Å². The minimum atomic E-state index is -0.124. The van der Waals surface area contributed by atoms with Gasteiger partial charge in [0.2, 0.25) is 0 Å². The van der Waals surface area contributed by atoms with Crippen LogP contribution in [0, 0.1) is 5.82 Å². The van der Waals surface area contributed by atoms with Crippen molar-refractivity contribution in [3.63, 3.8) is 0 Å². The van der Waals surface area contributed by atoms with Gasteiger partial charge in [-0.2, -0.15) is 0 Å². The molecule has 1 saturated carbocycles. The van der Waals surface area contributed by atoms with E-state index >= 15 is 0 Å². The molecule has 3 rings (SSSR count). The van der Waals surface area contributed by atoms with E-state index in [1.54, 1.807) is 12.1 Å². The highest BCUT2D eigenvalue weighted by Gasteiger charge is 2.46. The number of halogens is 1. The van der Waals surface area contributed by atoms with Gasteiger partial charge in [0.25, 0.3) is 0 Å². The second kappa shape index (κ2) is 5.67. The van der Waals surface area contributed by atoms with E-state index in [1.807, 2.05) is 12.1 Å². The third-order valence-electron chi connectivity index (χ3n) is 5.49. The molecule has 1 aliphatic heterocycles. The smallest absolute Gasteiger partial charge is 0.127 e. The van der Waals surface area contributed by atoms with Crippen molar-refractivity contribution in [2.45, 2.75) is 43.8 Å². The lowest BCUT2D eigenvalue weighted by molar-refractivity contribution is 0.0867. The first-order valence-electron chi connectivity index (χ1n) is 7.99. The van der Waals surface area contributed by atoms with Gasteiger partial charge in [0.15, 0.2) is 0 Å². The van der Waals surface area contributed by atoms with E-state index in [0.29, 0.717) is 6.54 Å². The summed E-state index contributed by atoms with van der Waals surface area (Å²) in [5, 5.41) is 0. The van der Waals surface area contributed by atoms with Crippen molar-refractivity contribution in [2.24, 2.45) is 5.73 Å². The van der Waals surface area contributed by atoms with Gasteiger partial charge in [0.1, 0.15) is 5.82 Å². The molecule has 0 aromatic heterocycles. The lowest BCUT2D eigenvalue weighted by Gasteiger charge is -2.42. The Kier molecular flexibility index (Phi) is 4.04. The fraction of sp³-hybridized carbons (Fsp3) is 0.647. The number of hydrogen-bond acceptors (Lipinski definition) is 3. The van der Waals surface area contributed by atoms with Crippen LogP contribution < -0.4 is 5.73 Å². The molecule has 1 aliphatic carbocycles. The van der Waals surface area contributed by atoms with Crippen molar-refractivity contribution in [1.29, 1.82) is 0 Å². The summed E-state index contributed by atoms with van der Waals surface area (Å²) in [6.45, 7) is 4.85. The molecular formula is C17H26FN3. The Hall–Kier alpha value is -0.970. The first kappa shape index (κ1) is 14.9. The van der Waals surface area contributed by atoms with Crippen molar-refractivity contribution in [1.82, 2.24) is 9.80 Å². The Balaban J connectivity index is 1.79. The number of benzene rings is 1. The highest BCUT2D eigenvalue weighted by Crippen LogP contribution is 2.38. The van der Waals surface area contributed by atoms with Crippen molar-refractivity contribution < 1.29 is 4.39 Å². The van der Waals surface area contributed by atoms with Crippen LogP contribution in [0.5, 0.6) is 0 Å². The summed E-state index contributed by atoms with van der Waals surface area (Å²) >= 11 is 0. The van der Waals surface area contributed by atoms with Crippen molar-refractivity contribution in [3.05, 3.63) is 35.6 Å². The van der Waals surface area contributed by atoms with E-state index in [9.17, 15) is 4.39 Å². The zero-order chi connectivity index (χ0) is 15.0. The molecule has 2 fully saturated rings. The molecule has 1 aromatic rings. The number of rotatable bonds is 5. The Morgan fingerprint density at radius 3 is 2.76 bits per heavy atom. The molecule has 2 unspecified atom stereocenters.